The summed E-state index contributed by atoms with van der Waals surface area (Å²) in [6.45, 7) is 3.62. The topological polar surface area (TPSA) is 21.3 Å². The van der Waals surface area contributed by atoms with Crippen LogP contribution in [0.3, 0.4) is 0 Å². The highest BCUT2D eigenvalue weighted by Gasteiger charge is 2.09. The van der Waals surface area contributed by atoms with Gasteiger partial charge < -0.3 is 10.1 Å². The molecular formula is C18H22FNO. The second-order valence-corrected chi connectivity index (χ2v) is 5.04. The van der Waals surface area contributed by atoms with E-state index in [0.29, 0.717) is 12.6 Å². The van der Waals surface area contributed by atoms with Gasteiger partial charge in [-0.05, 0) is 49.2 Å². The molecule has 0 fully saturated rings. The Morgan fingerprint density at radius 3 is 2.62 bits per heavy atom. The summed E-state index contributed by atoms with van der Waals surface area (Å²) in [6, 6.07) is 16.9. The summed E-state index contributed by atoms with van der Waals surface area (Å²) in [7, 11) is 0. The molecule has 1 unspecified atom stereocenters. The fraction of sp³-hybridized carbons (Fsp3) is 0.333. The van der Waals surface area contributed by atoms with Crippen LogP contribution in [0.25, 0.3) is 0 Å². The van der Waals surface area contributed by atoms with Gasteiger partial charge in [-0.25, -0.2) is 4.39 Å². The number of ether oxygens (including phenoxy) is 1. The highest BCUT2D eigenvalue weighted by Crippen LogP contribution is 2.11. The maximum atomic E-state index is 13.2. The predicted molar refractivity (Wildman–Crippen MR) is 84.1 cm³/mol. The van der Waals surface area contributed by atoms with Gasteiger partial charge in [0.25, 0.3) is 0 Å². The molecule has 0 aliphatic heterocycles. The molecule has 1 atom stereocenters. The monoisotopic (exact) mass is 287 g/mol. The largest absolute Gasteiger partial charge is 0.494 e. The van der Waals surface area contributed by atoms with E-state index in [1.54, 1.807) is 12.1 Å². The Balaban J connectivity index is 1.84. The van der Waals surface area contributed by atoms with Crippen molar-refractivity contribution in [1.29, 1.82) is 0 Å². The van der Waals surface area contributed by atoms with E-state index in [-0.39, 0.29) is 5.82 Å². The van der Waals surface area contributed by atoms with Gasteiger partial charge in [0, 0.05) is 6.04 Å². The van der Waals surface area contributed by atoms with Crippen LogP contribution in [0.15, 0.2) is 54.6 Å². The Kier molecular flexibility index (Phi) is 6.22. The summed E-state index contributed by atoms with van der Waals surface area (Å²) in [5.41, 5.74) is 1.01. The Labute approximate surface area is 126 Å². The van der Waals surface area contributed by atoms with Gasteiger partial charge in [0.15, 0.2) is 0 Å². The summed E-state index contributed by atoms with van der Waals surface area (Å²) in [6.07, 6.45) is 1.70. The first-order chi connectivity index (χ1) is 10.3. The third kappa shape index (κ3) is 5.56. The molecule has 2 nitrogen and oxygen atoms in total. The number of hydrogen-bond acceptors (Lipinski definition) is 2. The highest BCUT2D eigenvalue weighted by molar-refractivity contribution is 5.21. The van der Waals surface area contributed by atoms with E-state index in [9.17, 15) is 4.39 Å². The Morgan fingerprint density at radius 1 is 1.10 bits per heavy atom. The zero-order valence-corrected chi connectivity index (χ0v) is 12.4. The van der Waals surface area contributed by atoms with Crippen LogP contribution in [0, 0.1) is 5.82 Å². The minimum Gasteiger partial charge on any atom is -0.494 e. The Morgan fingerprint density at radius 2 is 1.90 bits per heavy atom. The summed E-state index contributed by atoms with van der Waals surface area (Å²) in [4.78, 5) is 0. The van der Waals surface area contributed by atoms with Gasteiger partial charge in [-0.2, -0.15) is 0 Å². The van der Waals surface area contributed by atoms with Crippen molar-refractivity contribution in [2.45, 2.75) is 25.8 Å². The summed E-state index contributed by atoms with van der Waals surface area (Å²) >= 11 is 0. The molecule has 0 aromatic heterocycles. The van der Waals surface area contributed by atoms with Crippen LogP contribution in [0.2, 0.25) is 0 Å². The number of benzene rings is 2. The van der Waals surface area contributed by atoms with Crippen molar-refractivity contribution in [3.63, 3.8) is 0 Å². The van der Waals surface area contributed by atoms with Crippen LogP contribution >= 0.6 is 0 Å². The van der Waals surface area contributed by atoms with E-state index in [1.807, 2.05) is 36.4 Å². The predicted octanol–water partition coefficient (Wildman–Crippen LogP) is 3.82. The van der Waals surface area contributed by atoms with Gasteiger partial charge in [-0.1, -0.05) is 37.3 Å². The van der Waals surface area contributed by atoms with E-state index >= 15 is 0 Å². The first-order valence-corrected chi connectivity index (χ1v) is 7.43. The lowest BCUT2D eigenvalue weighted by molar-refractivity contribution is 0.285. The number of nitrogens with one attached hydrogen (secondary N) is 1. The van der Waals surface area contributed by atoms with Gasteiger partial charge in [-0.3, -0.25) is 0 Å². The third-order valence-corrected chi connectivity index (χ3v) is 3.34. The minimum absolute atomic E-state index is 0.178. The second kappa shape index (κ2) is 8.42. The minimum atomic E-state index is -0.178. The lowest BCUT2D eigenvalue weighted by Gasteiger charge is -2.18. The van der Waals surface area contributed by atoms with E-state index in [0.717, 1.165) is 30.7 Å². The van der Waals surface area contributed by atoms with Crippen molar-refractivity contribution in [3.05, 3.63) is 66.0 Å². The first-order valence-electron chi connectivity index (χ1n) is 7.43. The van der Waals surface area contributed by atoms with Crippen molar-refractivity contribution in [1.82, 2.24) is 5.32 Å². The Bertz CT molecular complexity index is 530. The molecule has 0 saturated carbocycles. The number of para-hydroxylation sites is 1. The van der Waals surface area contributed by atoms with Crippen LogP contribution in [-0.4, -0.2) is 19.2 Å². The fourth-order valence-electron chi connectivity index (χ4n) is 2.35. The molecule has 0 heterocycles. The number of halogens is 1. The van der Waals surface area contributed by atoms with Gasteiger partial charge >= 0.3 is 0 Å². The zero-order valence-electron chi connectivity index (χ0n) is 12.4. The van der Waals surface area contributed by atoms with Crippen LogP contribution < -0.4 is 10.1 Å². The molecule has 112 valence electrons. The molecule has 21 heavy (non-hydrogen) atoms. The Hall–Kier alpha value is -1.87. The van der Waals surface area contributed by atoms with Crippen molar-refractivity contribution in [2.24, 2.45) is 0 Å². The van der Waals surface area contributed by atoms with Gasteiger partial charge in [0.2, 0.25) is 0 Å². The van der Waals surface area contributed by atoms with E-state index in [2.05, 4.69) is 12.2 Å². The van der Waals surface area contributed by atoms with Crippen molar-refractivity contribution in [2.75, 3.05) is 13.2 Å². The standard InChI is InChI=1S/C18H22FNO/c1-2-20-17(14-15-7-6-8-16(19)13-15)11-12-21-18-9-4-3-5-10-18/h3-10,13,17,20H,2,11-12,14H2,1H3. The molecule has 2 aromatic carbocycles. The summed E-state index contributed by atoms with van der Waals surface area (Å²) < 4.78 is 19.0. The fourth-order valence-corrected chi connectivity index (χ4v) is 2.35. The molecule has 1 N–H and O–H groups in total. The van der Waals surface area contributed by atoms with Crippen LogP contribution in [0.4, 0.5) is 4.39 Å². The van der Waals surface area contributed by atoms with Crippen LogP contribution in [0.5, 0.6) is 5.75 Å². The maximum Gasteiger partial charge on any atom is 0.123 e. The summed E-state index contributed by atoms with van der Waals surface area (Å²) in [5.74, 6) is 0.710. The quantitative estimate of drug-likeness (QED) is 0.797. The van der Waals surface area contributed by atoms with Crippen LogP contribution in [0.1, 0.15) is 18.9 Å². The molecular weight excluding hydrogens is 265 g/mol. The maximum absolute atomic E-state index is 13.2. The van der Waals surface area contributed by atoms with Gasteiger partial charge in [0.1, 0.15) is 11.6 Å². The molecule has 0 aliphatic carbocycles. The first kappa shape index (κ1) is 15.5. The SMILES string of the molecule is CCNC(CCOc1ccccc1)Cc1cccc(F)c1. The molecule has 2 rings (SSSR count). The normalized spacial score (nSPS) is 12.1. The molecule has 0 amide bonds. The average molecular weight is 287 g/mol. The lowest BCUT2D eigenvalue weighted by Crippen LogP contribution is -2.32. The van der Waals surface area contributed by atoms with Crippen molar-refractivity contribution in [3.8, 4) is 5.75 Å². The number of hydrogen-bond donors (Lipinski definition) is 1. The number of likely N-dealkylation sites (N-methyl/N-ethyl adjacent to an activating group) is 1. The summed E-state index contributed by atoms with van der Waals surface area (Å²) in [5, 5.41) is 3.43. The highest BCUT2D eigenvalue weighted by atomic mass is 19.1. The third-order valence-electron chi connectivity index (χ3n) is 3.34. The molecule has 2 aromatic rings. The second-order valence-electron chi connectivity index (χ2n) is 5.04. The molecule has 0 radical (unpaired) electrons. The average Bonchev–Trinajstić information content (AvgIpc) is 2.48. The van der Waals surface area contributed by atoms with Gasteiger partial charge in [-0.15, -0.1) is 0 Å². The van der Waals surface area contributed by atoms with Crippen LogP contribution in [-0.2, 0) is 6.42 Å². The lowest BCUT2D eigenvalue weighted by atomic mass is 10.0. The molecule has 3 heteroatoms. The van der Waals surface area contributed by atoms with Gasteiger partial charge in [0.05, 0.1) is 6.61 Å². The van der Waals surface area contributed by atoms with E-state index in [1.165, 1.54) is 6.07 Å². The molecule has 0 saturated heterocycles. The molecule has 0 spiro atoms. The smallest absolute Gasteiger partial charge is 0.123 e. The van der Waals surface area contributed by atoms with E-state index in [4.69, 9.17) is 4.74 Å². The van der Waals surface area contributed by atoms with Crippen molar-refractivity contribution >= 4 is 0 Å². The molecule has 0 aliphatic rings. The zero-order chi connectivity index (χ0) is 14.9. The number of rotatable bonds is 8. The molecule has 0 bridgehead atoms. The van der Waals surface area contributed by atoms with Crippen molar-refractivity contribution < 1.29 is 9.13 Å². The van der Waals surface area contributed by atoms with E-state index < -0.39 is 0 Å².